The summed E-state index contributed by atoms with van der Waals surface area (Å²) < 4.78 is 5.10. The highest BCUT2D eigenvalue weighted by Gasteiger charge is 2.40. The van der Waals surface area contributed by atoms with Crippen LogP contribution in [0.15, 0.2) is 54.6 Å². The zero-order valence-electron chi connectivity index (χ0n) is 17.1. The molecule has 1 atom stereocenters. The van der Waals surface area contributed by atoms with Crippen molar-refractivity contribution in [1.29, 1.82) is 0 Å². The first kappa shape index (κ1) is 20.9. The van der Waals surface area contributed by atoms with Crippen LogP contribution in [0.3, 0.4) is 0 Å². The Bertz CT molecular complexity index is 981. The summed E-state index contributed by atoms with van der Waals surface area (Å²) >= 11 is 0. The summed E-state index contributed by atoms with van der Waals surface area (Å²) in [6.07, 6.45) is 4.49. The van der Waals surface area contributed by atoms with Crippen LogP contribution in [-0.4, -0.2) is 42.3 Å². The van der Waals surface area contributed by atoms with Gasteiger partial charge in [-0.15, -0.1) is 0 Å². The number of nitrogens with one attached hydrogen (secondary N) is 1. The van der Waals surface area contributed by atoms with Crippen LogP contribution in [0.4, 0.5) is 5.69 Å². The molecule has 1 aliphatic carbocycles. The standard InChI is InChI=1S/C24H24N2O5/c27-21(16-6-2-1-3-7-16)15-31-24(30)17-10-12-19(13-11-17)26-22(28)14-20(23(26)29)25-18-8-4-5-9-18/h1-3,6-7,10-13,18,20,25H,4-5,8-9,14-15H2. The van der Waals surface area contributed by atoms with Gasteiger partial charge in [-0.3, -0.25) is 14.4 Å². The number of hydrogen-bond donors (Lipinski definition) is 1. The molecule has 7 nitrogen and oxygen atoms in total. The van der Waals surface area contributed by atoms with E-state index in [1.54, 1.807) is 42.5 Å². The number of ether oxygens (including phenoxy) is 1. The molecule has 1 N–H and O–H groups in total. The molecule has 160 valence electrons. The van der Waals surface area contributed by atoms with Gasteiger partial charge in [0.15, 0.2) is 12.4 Å². The Morgan fingerprint density at radius 1 is 0.935 bits per heavy atom. The monoisotopic (exact) mass is 420 g/mol. The number of amides is 2. The quantitative estimate of drug-likeness (QED) is 0.421. The van der Waals surface area contributed by atoms with Crippen LogP contribution in [0.25, 0.3) is 0 Å². The molecule has 0 bridgehead atoms. The molecule has 0 spiro atoms. The number of ketones is 1. The van der Waals surface area contributed by atoms with E-state index in [4.69, 9.17) is 4.74 Å². The van der Waals surface area contributed by atoms with Gasteiger partial charge in [0.25, 0.3) is 5.91 Å². The van der Waals surface area contributed by atoms with Crippen molar-refractivity contribution < 1.29 is 23.9 Å². The molecule has 7 heteroatoms. The second-order valence-corrected chi connectivity index (χ2v) is 7.88. The largest absolute Gasteiger partial charge is 0.454 e. The van der Waals surface area contributed by atoms with Gasteiger partial charge in [0.2, 0.25) is 5.91 Å². The first-order chi connectivity index (χ1) is 15.0. The third-order valence-corrected chi connectivity index (χ3v) is 5.73. The molecule has 2 aliphatic rings. The molecule has 1 saturated carbocycles. The minimum Gasteiger partial charge on any atom is -0.454 e. The van der Waals surface area contributed by atoms with Gasteiger partial charge >= 0.3 is 5.97 Å². The summed E-state index contributed by atoms with van der Waals surface area (Å²) in [6.45, 7) is -0.359. The van der Waals surface area contributed by atoms with E-state index < -0.39 is 12.0 Å². The highest BCUT2D eigenvalue weighted by molar-refractivity contribution is 6.22. The van der Waals surface area contributed by atoms with Gasteiger partial charge in [-0.25, -0.2) is 9.69 Å². The fourth-order valence-electron chi connectivity index (χ4n) is 4.08. The van der Waals surface area contributed by atoms with E-state index in [0.29, 0.717) is 11.3 Å². The van der Waals surface area contributed by atoms with Gasteiger partial charge in [-0.1, -0.05) is 43.2 Å². The molecule has 0 radical (unpaired) electrons. The smallest absolute Gasteiger partial charge is 0.338 e. The van der Waals surface area contributed by atoms with Crippen LogP contribution in [0, 0.1) is 0 Å². The van der Waals surface area contributed by atoms with Gasteiger partial charge in [-0.05, 0) is 37.1 Å². The molecule has 2 aromatic carbocycles. The molecule has 2 amide bonds. The predicted octanol–water partition coefficient (Wildman–Crippen LogP) is 2.89. The third kappa shape index (κ3) is 4.72. The van der Waals surface area contributed by atoms with Crippen LogP contribution in [0.1, 0.15) is 52.8 Å². The minimum absolute atomic E-state index is 0.140. The fourth-order valence-corrected chi connectivity index (χ4v) is 4.08. The van der Waals surface area contributed by atoms with Gasteiger partial charge in [0.1, 0.15) is 0 Å². The maximum absolute atomic E-state index is 12.7. The second-order valence-electron chi connectivity index (χ2n) is 7.88. The van der Waals surface area contributed by atoms with E-state index in [-0.39, 0.29) is 42.2 Å². The number of Topliss-reactive ketones (excluding diaryl/α,β-unsaturated/α-hetero) is 1. The van der Waals surface area contributed by atoms with E-state index in [9.17, 15) is 19.2 Å². The molecule has 31 heavy (non-hydrogen) atoms. The first-order valence-electron chi connectivity index (χ1n) is 10.5. The van der Waals surface area contributed by atoms with Crippen molar-refractivity contribution in [3.05, 3.63) is 65.7 Å². The Morgan fingerprint density at radius 2 is 1.61 bits per heavy atom. The number of carbonyl (C=O) groups is 4. The molecule has 1 aliphatic heterocycles. The lowest BCUT2D eigenvalue weighted by Gasteiger charge is -2.18. The van der Waals surface area contributed by atoms with Crippen molar-refractivity contribution in [2.24, 2.45) is 0 Å². The lowest BCUT2D eigenvalue weighted by molar-refractivity contribution is -0.121. The summed E-state index contributed by atoms with van der Waals surface area (Å²) in [5.74, 6) is -1.46. The van der Waals surface area contributed by atoms with E-state index >= 15 is 0 Å². The molecule has 2 fully saturated rings. The zero-order chi connectivity index (χ0) is 21.8. The molecular formula is C24H24N2O5. The van der Waals surface area contributed by atoms with Crippen LogP contribution in [-0.2, 0) is 14.3 Å². The number of benzene rings is 2. The minimum atomic E-state index is -0.643. The Balaban J connectivity index is 1.36. The third-order valence-electron chi connectivity index (χ3n) is 5.73. The molecule has 1 heterocycles. The van der Waals surface area contributed by atoms with E-state index in [1.807, 2.05) is 0 Å². The van der Waals surface area contributed by atoms with Crippen molar-refractivity contribution >= 4 is 29.3 Å². The van der Waals surface area contributed by atoms with Crippen LogP contribution >= 0.6 is 0 Å². The van der Waals surface area contributed by atoms with Crippen molar-refractivity contribution in [2.45, 2.75) is 44.2 Å². The van der Waals surface area contributed by atoms with Crippen molar-refractivity contribution in [3.8, 4) is 0 Å². The number of carbonyl (C=O) groups excluding carboxylic acids is 4. The predicted molar refractivity (Wildman–Crippen MR) is 114 cm³/mol. The van der Waals surface area contributed by atoms with Crippen molar-refractivity contribution in [3.63, 3.8) is 0 Å². The van der Waals surface area contributed by atoms with E-state index in [1.165, 1.54) is 17.0 Å². The van der Waals surface area contributed by atoms with Gasteiger partial charge in [0.05, 0.1) is 23.7 Å². The maximum Gasteiger partial charge on any atom is 0.338 e. The van der Waals surface area contributed by atoms with Gasteiger partial charge in [-0.2, -0.15) is 0 Å². The molecule has 2 aromatic rings. The second kappa shape index (κ2) is 9.22. The van der Waals surface area contributed by atoms with Crippen LogP contribution in [0.2, 0.25) is 0 Å². The van der Waals surface area contributed by atoms with Crippen LogP contribution < -0.4 is 10.2 Å². The van der Waals surface area contributed by atoms with Crippen molar-refractivity contribution in [1.82, 2.24) is 5.32 Å². The highest BCUT2D eigenvalue weighted by Crippen LogP contribution is 2.26. The van der Waals surface area contributed by atoms with Gasteiger partial charge in [0, 0.05) is 11.6 Å². The topological polar surface area (TPSA) is 92.8 Å². The summed E-state index contributed by atoms with van der Waals surface area (Å²) in [7, 11) is 0. The van der Waals surface area contributed by atoms with Crippen molar-refractivity contribution in [2.75, 3.05) is 11.5 Å². The zero-order valence-corrected chi connectivity index (χ0v) is 17.1. The molecule has 0 aromatic heterocycles. The lowest BCUT2D eigenvalue weighted by Crippen LogP contribution is -2.42. The molecular weight excluding hydrogens is 396 g/mol. The fraction of sp³-hybridized carbons (Fsp3) is 0.333. The molecule has 4 rings (SSSR count). The Kier molecular flexibility index (Phi) is 6.23. The average molecular weight is 420 g/mol. The SMILES string of the molecule is O=C(COC(=O)c1ccc(N2C(=O)CC(NC3CCCC3)C2=O)cc1)c1ccccc1. The Hall–Kier alpha value is -3.32. The highest BCUT2D eigenvalue weighted by atomic mass is 16.5. The number of anilines is 1. The number of nitrogens with zero attached hydrogens (tertiary/aromatic N) is 1. The van der Waals surface area contributed by atoms with Gasteiger partial charge < -0.3 is 10.1 Å². The Morgan fingerprint density at radius 3 is 2.29 bits per heavy atom. The maximum atomic E-state index is 12.7. The number of hydrogen-bond acceptors (Lipinski definition) is 6. The summed E-state index contributed by atoms with van der Waals surface area (Å²) in [5, 5.41) is 3.31. The summed E-state index contributed by atoms with van der Waals surface area (Å²) in [5.41, 5.74) is 1.13. The van der Waals surface area contributed by atoms with Crippen LogP contribution in [0.5, 0.6) is 0 Å². The Labute approximate surface area is 180 Å². The summed E-state index contributed by atoms with van der Waals surface area (Å²) in [4.78, 5) is 50.7. The molecule has 1 unspecified atom stereocenters. The van der Waals surface area contributed by atoms with E-state index in [2.05, 4.69) is 5.32 Å². The number of esters is 1. The summed E-state index contributed by atoms with van der Waals surface area (Å²) in [6, 6.07) is 14.5. The number of rotatable bonds is 7. The molecule has 1 saturated heterocycles. The lowest BCUT2D eigenvalue weighted by atomic mass is 10.1. The average Bonchev–Trinajstić information content (AvgIpc) is 3.40. The van der Waals surface area contributed by atoms with E-state index in [0.717, 1.165) is 25.7 Å². The first-order valence-corrected chi connectivity index (χ1v) is 10.5. The normalized spacial score (nSPS) is 19.1. The number of imide groups is 1.